The van der Waals surface area contributed by atoms with Crippen molar-refractivity contribution in [3.8, 4) is 0 Å². The molecule has 3 nitrogen and oxygen atoms in total. The van der Waals surface area contributed by atoms with Crippen LogP contribution in [0.25, 0.3) is 0 Å². The normalized spacial score (nSPS) is 38.5. The lowest BCUT2D eigenvalue weighted by molar-refractivity contribution is -0.127. The number of thiol groups is 1. The van der Waals surface area contributed by atoms with E-state index in [1.165, 1.54) is 0 Å². The van der Waals surface area contributed by atoms with Gasteiger partial charge >= 0.3 is 0 Å². The van der Waals surface area contributed by atoms with Crippen molar-refractivity contribution in [1.82, 2.24) is 10.2 Å². The largest absolute Gasteiger partial charge is 0.353 e. The Morgan fingerprint density at radius 3 is 3.18 bits per heavy atom. The fourth-order valence-corrected chi connectivity index (χ4v) is 2.25. The van der Waals surface area contributed by atoms with Gasteiger partial charge in [0.15, 0.2) is 0 Å². The van der Waals surface area contributed by atoms with E-state index in [-0.39, 0.29) is 11.9 Å². The Kier molecular flexibility index (Phi) is 1.81. The number of piperazine rings is 1. The third kappa shape index (κ3) is 1.25. The van der Waals surface area contributed by atoms with Crippen molar-refractivity contribution in [1.29, 1.82) is 0 Å². The van der Waals surface area contributed by atoms with Crippen LogP contribution in [0.2, 0.25) is 0 Å². The van der Waals surface area contributed by atoms with E-state index in [1.54, 1.807) is 0 Å². The molecular weight excluding hydrogens is 160 g/mol. The first-order chi connectivity index (χ1) is 5.27. The van der Waals surface area contributed by atoms with Crippen molar-refractivity contribution in [3.05, 3.63) is 0 Å². The van der Waals surface area contributed by atoms with Gasteiger partial charge in [-0.15, -0.1) is 0 Å². The van der Waals surface area contributed by atoms with E-state index in [4.69, 9.17) is 0 Å². The van der Waals surface area contributed by atoms with Crippen molar-refractivity contribution in [3.63, 3.8) is 0 Å². The van der Waals surface area contributed by atoms with Gasteiger partial charge in [-0.3, -0.25) is 9.69 Å². The van der Waals surface area contributed by atoms with Crippen LogP contribution in [0.3, 0.4) is 0 Å². The van der Waals surface area contributed by atoms with Gasteiger partial charge in [0.05, 0.1) is 6.04 Å². The van der Waals surface area contributed by atoms with Gasteiger partial charge in [-0.1, -0.05) is 0 Å². The average molecular weight is 172 g/mol. The molecule has 1 N–H and O–H groups in total. The maximum atomic E-state index is 11.2. The molecule has 11 heavy (non-hydrogen) atoms. The molecule has 0 aromatic rings. The Balaban J connectivity index is 2.09. The lowest BCUT2D eigenvalue weighted by Gasteiger charge is -2.28. The number of carbonyl (C=O) groups excluding carboxylic acids is 1. The van der Waals surface area contributed by atoms with E-state index < -0.39 is 0 Å². The molecule has 2 aliphatic heterocycles. The molecule has 0 bridgehead atoms. The van der Waals surface area contributed by atoms with Crippen molar-refractivity contribution in [2.24, 2.45) is 0 Å². The predicted molar refractivity (Wildman–Crippen MR) is 45.8 cm³/mol. The van der Waals surface area contributed by atoms with Gasteiger partial charge in [0, 0.05) is 24.9 Å². The molecule has 2 saturated heterocycles. The van der Waals surface area contributed by atoms with Crippen molar-refractivity contribution >= 4 is 18.5 Å². The quantitative estimate of drug-likeness (QED) is 0.482. The Bertz CT molecular complexity index is 185. The van der Waals surface area contributed by atoms with Gasteiger partial charge in [0.25, 0.3) is 0 Å². The zero-order chi connectivity index (χ0) is 7.84. The molecule has 2 rings (SSSR count). The molecule has 0 radical (unpaired) electrons. The Morgan fingerprint density at radius 2 is 2.45 bits per heavy atom. The van der Waals surface area contributed by atoms with Crippen LogP contribution in [-0.4, -0.2) is 41.7 Å². The monoisotopic (exact) mass is 172 g/mol. The summed E-state index contributed by atoms with van der Waals surface area (Å²) in [6.45, 7) is 2.77. The number of nitrogens with one attached hydrogen (secondary N) is 1. The SMILES string of the molecule is O=C1NCCN2C[C@@H](S)C[C@@H]12. The first-order valence-corrected chi connectivity index (χ1v) is 4.49. The van der Waals surface area contributed by atoms with Crippen LogP contribution in [0, 0.1) is 0 Å². The average Bonchev–Trinajstić information content (AvgIpc) is 2.31. The summed E-state index contributed by atoms with van der Waals surface area (Å²) in [5.41, 5.74) is 0. The lowest BCUT2D eigenvalue weighted by Crippen LogP contribution is -2.51. The highest BCUT2D eigenvalue weighted by Gasteiger charge is 2.37. The van der Waals surface area contributed by atoms with Gasteiger partial charge in [-0.05, 0) is 6.42 Å². The molecule has 2 aliphatic rings. The summed E-state index contributed by atoms with van der Waals surface area (Å²) >= 11 is 4.37. The van der Waals surface area contributed by atoms with Gasteiger partial charge in [0.2, 0.25) is 5.91 Å². The molecule has 0 spiro atoms. The zero-order valence-electron chi connectivity index (χ0n) is 6.29. The second-order valence-corrected chi connectivity index (χ2v) is 3.92. The minimum Gasteiger partial charge on any atom is -0.353 e. The summed E-state index contributed by atoms with van der Waals surface area (Å²) in [5.74, 6) is 0.188. The second kappa shape index (κ2) is 2.68. The molecule has 0 unspecified atom stereocenters. The number of carbonyl (C=O) groups is 1. The predicted octanol–water partition coefficient (Wildman–Crippen LogP) is -0.511. The summed E-state index contributed by atoms with van der Waals surface area (Å²) in [4.78, 5) is 13.5. The highest BCUT2D eigenvalue weighted by atomic mass is 32.1. The number of hydrogen-bond acceptors (Lipinski definition) is 3. The minimum absolute atomic E-state index is 0.117. The number of amides is 1. The third-order valence-electron chi connectivity index (χ3n) is 2.38. The number of rotatable bonds is 0. The van der Waals surface area contributed by atoms with Gasteiger partial charge in [-0.2, -0.15) is 12.6 Å². The van der Waals surface area contributed by atoms with E-state index >= 15 is 0 Å². The van der Waals surface area contributed by atoms with Gasteiger partial charge in [-0.25, -0.2) is 0 Å². The molecule has 0 saturated carbocycles. The molecule has 0 aliphatic carbocycles. The summed E-state index contributed by atoms with van der Waals surface area (Å²) in [6.07, 6.45) is 0.912. The van der Waals surface area contributed by atoms with Gasteiger partial charge < -0.3 is 5.32 Å². The molecule has 2 fully saturated rings. The summed E-state index contributed by atoms with van der Waals surface area (Å²) in [6, 6.07) is 0.117. The molecule has 0 aromatic carbocycles. The highest BCUT2D eigenvalue weighted by molar-refractivity contribution is 7.81. The molecule has 2 atom stereocenters. The van der Waals surface area contributed by atoms with Crippen LogP contribution in [0.5, 0.6) is 0 Å². The van der Waals surface area contributed by atoms with Crippen LogP contribution in [-0.2, 0) is 4.79 Å². The maximum absolute atomic E-state index is 11.2. The highest BCUT2D eigenvalue weighted by Crippen LogP contribution is 2.22. The standard InChI is InChI=1S/C7H12N2OS/c10-7-6-3-5(11)4-9(6)2-1-8-7/h5-6,11H,1-4H2,(H,8,10)/t5-,6-/m0/s1. The van der Waals surface area contributed by atoms with Crippen molar-refractivity contribution in [2.45, 2.75) is 17.7 Å². The maximum Gasteiger partial charge on any atom is 0.237 e. The van der Waals surface area contributed by atoms with E-state index in [0.29, 0.717) is 5.25 Å². The Morgan fingerprint density at radius 1 is 1.64 bits per heavy atom. The van der Waals surface area contributed by atoms with E-state index in [0.717, 1.165) is 26.1 Å². The van der Waals surface area contributed by atoms with Crippen LogP contribution in [0.4, 0.5) is 0 Å². The van der Waals surface area contributed by atoms with Crippen LogP contribution >= 0.6 is 12.6 Å². The molecule has 0 aromatic heterocycles. The smallest absolute Gasteiger partial charge is 0.237 e. The zero-order valence-corrected chi connectivity index (χ0v) is 7.18. The third-order valence-corrected chi connectivity index (χ3v) is 2.76. The lowest BCUT2D eigenvalue weighted by atomic mass is 10.2. The Labute approximate surface area is 71.5 Å². The fourth-order valence-electron chi connectivity index (χ4n) is 1.84. The Hall–Kier alpha value is -0.220. The van der Waals surface area contributed by atoms with Crippen molar-refractivity contribution in [2.75, 3.05) is 19.6 Å². The second-order valence-electron chi connectivity index (χ2n) is 3.19. The number of fused-ring (bicyclic) bond motifs is 1. The van der Waals surface area contributed by atoms with Crippen LogP contribution < -0.4 is 5.32 Å². The summed E-state index contributed by atoms with van der Waals surface area (Å²) in [7, 11) is 0. The van der Waals surface area contributed by atoms with E-state index in [9.17, 15) is 4.79 Å². The first-order valence-electron chi connectivity index (χ1n) is 3.97. The number of hydrogen-bond donors (Lipinski definition) is 2. The van der Waals surface area contributed by atoms with E-state index in [2.05, 4.69) is 22.8 Å². The fraction of sp³-hybridized carbons (Fsp3) is 0.857. The van der Waals surface area contributed by atoms with Crippen LogP contribution in [0.15, 0.2) is 0 Å². The van der Waals surface area contributed by atoms with E-state index in [1.807, 2.05) is 0 Å². The molecule has 1 amide bonds. The topological polar surface area (TPSA) is 32.3 Å². The van der Waals surface area contributed by atoms with Gasteiger partial charge in [0.1, 0.15) is 0 Å². The first kappa shape index (κ1) is 7.43. The summed E-state index contributed by atoms with van der Waals surface area (Å²) in [5, 5.41) is 3.25. The molecule has 4 heteroatoms. The molecule has 2 heterocycles. The molecule has 62 valence electrons. The minimum atomic E-state index is 0.117. The van der Waals surface area contributed by atoms with Crippen LogP contribution in [0.1, 0.15) is 6.42 Å². The van der Waals surface area contributed by atoms with Crippen molar-refractivity contribution < 1.29 is 4.79 Å². The summed E-state index contributed by atoms with van der Waals surface area (Å²) < 4.78 is 0. The molecular formula is C7H12N2OS. The number of nitrogens with zero attached hydrogens (tertiary/aromatic N) is 1.